The van der Waals surface area contributed by atoms with Gasteiger partial charge in [0, 0.05) is 19.2 Å². The molecule has 5 heteroatoms. The second-order valence-electron chi connectivity index (χ2n) is 3.17. The van der Waals surface area contributed by atoms with Crippen molar-refractivity contribution in [1.82, 2.24) is 0 Å². The predicted molar refractivity (Wildman–Crippen MR) is 50.3 cm³/mol. The van der Waals surface area contributed by atoms with Gasteiger partial charge in [0.1, 0.15) is 5.82 Å². The number of halogens is 4. The first-order valence-electron chi connectivity index (χ1n) is 4.45. The smallest absolute Gasteiger partial charge is 0.388 e. The van der Waals surface area contributed by atoms with E-state index in [-0.39, 0.29) is 6.42 Å². The van der Waals surface area contributed by atoms with Crippen LogP contribution >= 0.6 is 0 Å². The van der Waals surface area contributed by atoms with Crippen molar-refractivity contribution in [2.45, 2.75) is 19.0 Å². The first-order valence-corrected chi connectivity index (χ1v) is 4.45. The van der Waals surface area contributed by atoms with Gasteiger partial charge in [-0.2, -0.15) is 13.2 Å². The third-order valence-electron chi connectivity index (χ3n) is 2.01. The van der Waals surface area contributed by atoms with Gasteiger partial charge in [-0.1, -0.05) is 0 Å². The van der Waals surface area contributed by atoms with E-state index in [4.69, 9.17) is 0 Å². The Balaban J connectivity index is 2.79. The lowest BCUT2D eigenvalue weighted by Crippen LogP contribution is -2.09. The average Bonchev–Trinajstić information content (AvgIpc) is 2.14. The summed E-state index contributed by atoms with van der Waals surface area (Å²) in [6.45, 7) is 0. The molecule has 0 heterocycles. The van der Waals surface area contributed by atoms with E-state index in [1.807, 2.05) is 0 Å². The molecule has 0 saturated heterocycles. The van der Waals surface area contributed by atoms with E-state index >= 15 is 0 Å². The largest absolute Gasteiger partial charge is 0.389 e. The highest BCUT2D eigenvalue weighted by Crippen LogP contribution is 2.25. The van der Waals surface area contributed by atoms with Gasteiger partial charge in [0.25, 0.3) is 0 Å². The maximum absolute atomic E-state index is 12.8. The molecule has 1 nitrogen and oxygen atoms in total. The van der Waals surface area contributed by atoms with Crippen LogP contribution in [0.4, 0.5) is 23.2 Å². The van der Waals surface area contributed by atoms with Gasteiger partial charge < -0.3 is 5.32 Å². The zero-order valence-corrected chi connectivity index (χ0v) is 8.16. The number of benzene rings is 1. The fourth-order valence-corrected chi connectivity index (χ4v) is 1.29. The highest BCUT2D eigenvalue weighted by atomic mass is 19.4. The van der Waals surface area contributed by atoms with Gasteiger partial charge in [-0.15, -0.1) is 0 Å². The van der Waals surface area contributed by atoms with Crippen LogP contribution in [0.1, 0.15) is 12.0 Å². The van der Waals surface area contributed by atoms with E-state index in [1.54, 1.807) is 7.05 Å². The van der Waals surface area contributed by atoms with Gasteiger partial charge >= 0.3 is 6.18 Å². The molecule has 1 rings (SSSR count). The van der Waals surface area contributed by atoms with Crippen molar-refractivity contribution in [3.05, 3.63) is 29.6 Å². The summed E-state index contributed by atoms with van der Waals surface area (Å²) in [5.74, 6) is -0.522. The topological polar surface area (TPSA) is 12.0 Å². The van der Waals surface area contributed by atoms with Crippen LogP contribution in [-0.2, 0) is 6.42 Å². The van der Waals surface area contributed by atoms with Crippen LogP contribution < -0.4 is 5.32 Å². The number of anilines is 1. The summed E-state index contributed by atoms with van der Waals surface area (Å²) in [6.07, 6.45) is -5.36. The molecule has 0 atom stereocenters. The highest BCUT2D eigenvalue weighted by Gasteiger charge is 2.26. The molecular weight excluding hydrogens is 210 g/mol. The van der Waals surface area contributed by atoms with Crippen molar-refractivity contribution in [1.29, 1.82) is 0 Å². The molecule has 0 saturated carbocycles. The lowest BCUT2D eigenvalue weighted by molar-refractivity contribution is -0.133. The molecule has 0 aromatic heterocycles. The second-order valence-corrected chi connectivity index (χ2v) is 3.17. The van der Waals surface area contributed by atoms with Crippen LogP contribution in [0.2, 0.25) is 0 Å². The Morgan fingerprint density at radius 1 is 1.27 bits per heavy atom. The average molecular weight is 221 g/mol. The molecule has 1 aromatic carbocycles. The quantitative estimate of drug-likeness (QED) is 0.771. The third-order valence-corrected chi connectivity index (χ3v) is 2.01. The van der Waals surface area contributed by atoms with Crippen molar-refractivity contribution in [3.8, 4) is 0 Å². The maximum Gasteiger partial charge on any atom is 0.389 e. The Morgan fingerprint density at radius 2 is 1.93 bits per heavy atom. The van der Waals surface area contributed by atoms with Crippen molar-refractivity contribution in [3.63, 3.8) is 0 Å². The minimum atomic E-state index is -4.21. The number of rotatable bonds is 3. The van der Waals surface area contributed by atoms with Gasteiger partial charge in [-0.25, -0.2) is 4.39 Å². The van der Waals surface area contributed by atoms with Crippen LogP contribution in [-0.4, -0.2) is 13.2 Å². The lowest BCUT2D eigenvalue weighted by Gasteiger charge is -2.10. The Kier molecular flexibility index (Phi) is 3.55. The highest BCUT2D eigenvalue weighted by molar-refractivity contribution is 5.50. The normalized spacial score (nSPS) is 11.5. The standard InChI is InChI=1S/C10H11F4N/c1-15-9-3-2-8(11)6-7(9)4-5-10(12,13)14/h2-3,6,15H,4-5H2,1H3. The van der Waals surface area contributed by atoms with Crippen LogP contribution in [0.15, 0.2) is 18.2 Å². The number of hydrogen-bond donors (Lipinski definition) is 1. The maximum atomic E-state index is 12.8. The van der Waals surface area contributed by atoms with E-state index in [1.165, 1.54) is 12.1 Å². The van der Waals surface area contributed by atoms with Gasteiger partial charge in [0.2, 0.25) is 0 Å². The zero-order chi connectivity index (χ0) is 11.5. The van der Waals surface area contributed by atoms with Gasteiger partial charge in [0.15, 0.2) is 0 Å². The SMILES string of the molecule is CNc1ccc(F)cc1CCC(F)(F)F. The predicted octanol–water partition coefficient (Wildman–Crippen LogP) is 3.36. The molecule has 0 fully saturated rings. The molecule has 84 valence electrons. The Morgan fingerprint density at radius 3 is 2.47 bits per heavy atom. The summed E-state index contributed by atoms with van der Waals surface area (Å²) in [5.41, 5.74) is 0.871. The molecular formula is C10H11F4N. The van der Waals surface area contributed by atoms with Crippen LogP contribution in [0.25, 0.3) is 0 Å². The zero-order valence-electron chi connectivity index (χ0n) is 8.16. The van der Waals surface area contributed by atoms with Crippen LogP contribution in [0.3, 0.4) is 0 Å². The summed E-state index contributed by atoms with van der Waals surface area (Å²) in [7, 11) is 1.59. The molecule has 0 bridgehead atoms. The Hall–Kier alpha value is -1.26. The monoisotopic (exact) mass is 221 g/mol. The van der Waals surface area contributed by atoms with E-state index in [9.17, 15) is 17.6 Å². The van der Waals surface area contributed by atoms with Crippen molar-refractivity contribution < 1.29 is 17.6 Å². The molecule has 0 amide bonds. The van der Waals surface area contributed by atoms with Gasteiger partial charge in [-0.05, 0) is 30.2 Å². The number of hydrogen-bond acceptors (Lipinski definition) is 1. The van der Waals surface area contributed by atoms with Crippen molar-refractivity contribution in [2.75, 3.05) is 12.4 Å². The second kappa shape index (κ2) is 4.51. The molecule has 0 aliphatic heterocycles. The van der Waals surface area contributed by atoms with Crippen LogP contribution in [0, 0.1) is 5.82 Å². The summed E-state index contributed by atoms with van der Waals surface area (Å²) < 4.78 is 48.7. The Bertz CT molecular complexity index is 333. The van der Waals surface area contributed by atoms with E-state index in [0.29, 0.717) is 11.3 Å². The minimum absolute atomic E-state index is 0.211. The summed E-state index contributed by atoms with van der Waals surface area (Å²) in [4.78, 5) is 0. The molecule has 0 aliphatic carbocycles. The van der Waals surface area contributed by atoms with E-state index < -0.39 is 18.4 Å². The lowest BCUT2D eigenvalue weighted by atomic mass is 10.1. The minimum Gasteiger partial charge on any atom is -0.388 e. The fraction of sp³-hybridized carbons (Fsp3) is 0.400. The molecule has 1 N–H and O–H groups in total. The van der Waals surface area contributed by atoms with Gasteiger partial charge in [-0.3, -0.25) is 0 Å². The Labute approximate surface area is 85.1 Å². The molecule has 0 radical (unpaired) electrons. The molecule has 0 spiro atoms. The van der Waals surface area contributed by atoms with Crippen LogP contribution in [0.5, 0.6) is 0 Å². The first kappa shape index (κ1) is 11.8. The number of aryl methyl sites for hydroxylation is 1. The molecule has 0 unspecified atom stereocenters. The van der Waals surface area contributed by atoms with E-state index in [2.05, 4.69) is 5.32 Å². The molecule has 1 aromatic rings. The number of nitrogens with one attached hydrogen (secondary N) is 1. The molecule has 15 heavy (non-hydrogen) atoms. The molecule has 0 aliphatic rings. The van der Waals surface area contributed by atoms with E-state index in [0.717, 1.165) is 6.07 Å². The van der Waals surface area contributed by atoms with Crippen molar-refractivity contribution >= 4 is 5.69 Å². The number of alkyl halides is 3. The van der Waals surface area contributed by atoms with Crippen molar-refractivity contribution in [2.24, 2.45) is 0 Å². The fourth-order valence-electron chi connectivity index (χ4n) is 1.29. The summed E-state index contributed by atoms with van der Waals surface area (Å²) in [5, 5.41) is 2.73. The van der Waals surface area contributed by atoms with Gasteiger partial charge in [0.05, 0.1) is 0 Å². The third kappa shape index (κ3) is 3.77. The first-order chi connectivity index (χ1) is 6.92. The summed E-state index contributed by atoms with van der Waals surface area (Å²) >= 11 is 0. The summed E-state index contributed by atoms with van der Waals surface area (Å²) in [6, 6.07) is 3.77.